The maximum atomic E-state index is 10.8. The molecule has 4 aliphatic rings. The van der Waals surface area contributed by atoms with Gasteiger partial charge < -0.3 is 15.9 Å². The van der Waals surface area contributed by atoms with E-state index in [-0.39, 0.29) is 28.9 Å². The average molecular weight is 301 g/mol. The molecule has 4 N–H and O–H groups in total. The molecule has 0 aromatic carbocycles. The molecule has 0 aliphatic heterocycles. The Labute approximate surface area is 132 Å². The molecule has 0 aromatic rings. The Balaban J connectivity index is 1.80. The van der Waals surface area contributed by atoms with Crippen LogP contribution >= 0.6 is 0 Å². The van der Waals surface area contributed by atoms with E-state index in [0.717, 1.165) is 25.7 Å². The summed E-state index contributed by atoms with van der Waals surface area (Å²) in [6.07, 6.45) is 12.2. The third-order valence-electron chi connectivity index (χ3n) is 7.29. The van der Waals surface area contributed by atoms with Crippen LogP contribution in [-0.2, 0) is 0 Å². The number of aliphatic hydroxyl groups is 2. The first-order valence-electron chi connectivity index (χ1n) is 8.62. The standard InChI is InChI=1S/C19H27NO2/c1-18-7-5-12(20)9-11(18)10-15(21)17-13-3-4-16(22)19(13,2)8-6-14(17)18/h5,7,9-10,12-14,16-17,21-22H,3-4,6,8,20H2,1-2H3/t12-,13-,14-,16-,17-,18-,19-/m0/s1. The van der Waals surface area contributed by atoms with E-state index >= 15 is 0 Å². The Morgan fingerprint density at radius 1 is 1.18 bits per heavy atom. The fraction of sp³-hybridized carbons (Fsp3) is 0.684. The molecule has 2 saturated carbocycles. The van der Waals surface area contributed by atoms with Crippen molar-refractivity contribution in [3.63, 3.8) is 0 Å². The topological polar surface area (TPSA) is 66.5 Å². The molecule has 3 nitrogen and oxygen atoms in total. The molecule has 4 aliphatic carbocycles. The van der Waals surface area contributed by atoms with E-state index in [1.54, 1.807) is 0 Å². The SMILES string of the molecule is C[C@]12CC[C@H]3[C@@H](C(O)=CC4=C[C@@H](N)C=C[C@@]43C)[C@@H]1CC[C@@H]2O. The second-order valence-electron chi connectivity index (χ2n) is 8.29. The minimum absolute atomic E-state index is 0.0262. The first kappa shape index (κ1) is 14.5. The number of allylic oxidation sites excluding steroid dienone is 4. The quantitative estimate of drug-likeness (QED) is 0.602. The summed E-state index contributed by atoms with van der Waals surface area (Å²) < 4.78 is 0. The van der Waals surface area contributed by atoms with Gasteiger partial charge in [-0.1, -0.05) is 32.1 Å². The van der Waals surface area contributed by atoms with Gasteiger partial charge >= 0.3 is 0 Å². The van der Waals surface area contributed by atoms with E-state index in [9.17, 15) is 10.2 Å². The molecule has 0 aromatic heterocycles. The van der Waals surface area contributed by atoms with Gasteiger partial charge in [-0.25, -0.2) is 0 Å². The van der Waals surface area contributed by atoms with Gasteiger partial charge in [-0.15, -0.1) is 0 Å². The molecule has 22 heavy (non-hydrogen) atoms. The highest BCUT2D eigenvalue weighted by Gasteiger charge is 2.59. The van der Waals surface area contributed by atoms with Crippen LogP contribution < -0.4 is 5.73 Å². The van der Waals surface area contributed by atoms with Crippen molar-refractivity contribution < 1.29 is 10.2 Å². The van der Waals surface area contributed by atoms with E-state index in [2.05, 4.69) is 32.1 Å². The van der Waals surface area contributed by atoms with E-state index in [4.69, 9.17) is 5.73 Å². The molecule has 4 rings (SSSR count). The fourth-order valence-electron chi connectivity index (χ4n) is 5.84. The van der Waals surface area contributed by atoms with Gasteiger partial charge in [0.05, 0.1) is 11.9 Å². The molecular formula is C19H27NO2. The van der Waals surface area contributed by atoms with Crippen LogP contribution in [0.2, 0.25) is 0 Å². The summed E-state index contributed by atoms with van der Waals surface area (Å²) in [6.45, 7) is 4.51. The lowest BCUT2D eigenvalue weighted by molar-refractivity contribution is -0.0525. The smallest absolute Gasteiger partial charge is 0.0962 e. The predicted molar refractivity (Wildman–Crippen MR) is 87.1 cm³/mol. The van der Waals surface area contributed by atoms with Crippen molar-refractivity contribution in [2.45, 2.75) is 51.7 Å². The van der Waals surface area contributed by atoms with E-state index in [0.29, 0.717) is 17.6 Å². The first-order chi connectivity index (χ1) is 10.4. The number of aliphatic hydroxyl groups excluding tert-OH is 2. The van der Waals surface area contributed by atoms with E-state index < -0.39 is 0 Å². The van der Waals surface area contributed by atoms with Crippen molar-refractivity contribution in [2.24, 2.45) is 34.3 Å². The highest BCUT2D eigenvalue weighted by atomic mass is 16.3. The molecule has 7 atom stereocenters. The minimum Gasteiger partial charge on any atom is -0.512 e. The number of rotatable bonds is 0. The van der Waals surface area contributed by atoms with Gasteiger partial charge in [0.15, 0.2) is 0 Å². The lowest BCUT2D eigenvalue weighted by Gasteiger charge is -2.55. The zero-order chi connectivity index (χ0) is 15.7. The van der Waals surface area contributed by atoms with Crippen molar-refractivity contribution in [2.75, 3.05) is 0 Å². The normalized spacial score (nSPS) is 53.2. The number of hydrogen-bond donors (Lipinski definition) is 3. The highest BCUT2D eigenvalue weighted by Crippen LogP contribution is 2.64. The average Bonchev–Trinajstić information content (AvgIpc) is 2.77. The van der Waals surface area contributed by atoms with Gasteiger partial charge in [0, 0.05) is 17.4 Å². The van der Waals surface area contributed by atoms with Crippen molar-refractivity contribution >= 4 is 0 Å². The van der Waals surface area contributed by atoms with Gasteiger partial charge in [-0.2, -0.15) is 0 Å². The van der Waals surface area contributed by atoms with E-state index in [1.807, 2.05) is 6.08 Å². The summed E-state index contributed by atoms with van der Waals surface area (Å²) in [5.41, 5.74) is 7.14. The third kappa shape index (κ3) is 1.70. The number of hydrogen-bond acceptors (Lipinski definition) is 3. The lowest BCUT2D eigenvalue weighted by Crippen LogP contribution is -2.50. The molecule has 0 heterocycles. The number of nitrogens with two attached hydrogens (primary N) is 1. The van der Waals surface area contributed by atoms with Crippen LogP contribution in [0.25, 0.3) is 0 Å². The maximum absolute atomic E-state index is 10.8. The second-order valence-corrected chi connectivity index (χ2v) is 8.29. The first-order valence-corrected chi connectivity index (χ1v) is 8.62. The van der Waals surface area contributed by atoms with Crippen LogP contribution in [0.1, 0.15) is 39.5 Å². The summed E-state index contributed by atoms with van der Waals surface area (Å²) in [7, 11) is 0. The maximum Gasteiger partial charge on any atom is 0.0962 e. The molecule has 0 spiro atoms. The van der Waals surface area contributed by atoms with Gasteiger partial charge in [0.25, 0.3) is 0 Å². The second kappa shape index (κ2) is 4.48. The van der Waals surface area contributed by atoms with Crippen LogP contribution in [0.3, 0.4) is 0 Å². The summed E-state index contributed by atoms with van der Waals surface area (Å²) in [4.78, 5) is 0. The predicted octanol–water partition coefficient (Wildman–Crippen LogP) is 3.08. The largest absolute Gasteiger partial charge is 0.512 e. The lowest BCUT2D eigenvalue weighted by atomic mass is 9.49. The molecule has 0 saturated heterocycles. The third-order valence-corrected chi connectivity index (χ3v) is 7.29. The minimum atomic E-state index is -0.216. The molecule has 2 fully saturated rings. The van der Waals surface area contributed by atoms with Gasteiger partial charge in [0.1, 0.15) is 0 Å². The zero-order valence-electron chi connectivity index (χ0n) is 13.5. The van der Waals surface area contributed by atoms with Crippen LogP contribution in [0.15, 0.2) is 35.6 Å². The Bertz CT molecular complexity index is 592. The van der Waals surface area contributed by atoms with Gasteiger partial charge in [-0.3, -0.25) is 0 Å². The van der Waals surface area contributed by atoms with Gasteiger partial charge in [0.2, 0.25) is 0 Å². The van der Waals surface area contributed by atoms with Gasteiger partial charge in [-0.05, 0) is 54.6 Å². The molecule has 0 bridgehead atoms. The molecule has 120 valence electrons. The Morgan fingerprint density at radius 2 is 1.95 bits per heavy atom. The van der Waals surface area contributed by atoms with Crippen LogP contribution in [0, 0.1) is 28.6 Å². The Morgan fingerprint density at radius 3 is 2.73 bits per heavy atom. The Hall–Kier alpha value is -1.06. The van der Waals surface area contributed by atoms with Crippen molar-refractivity contribution in [3.05, 3.63) is 35.6 Å². The summed E-state index contributed by atoms with van der Waals surface area (Å²) in [5.74, 6) is 1.49. The summed E-state index contributed by atoms with van der Waals surface area (Å²) in [6, 6.07) is -0.0502. The summed E-state index contributed by atoms with van der Waals surface area (Å²) in [5, 5.41) is 21.2. The molecule has 0 unspecified atom stereocenters. The van der Waals surface area contributed by atoms with Crippen LogP contribution in [-0.4, -0.2) is 22.4 Å². The molecule has 0 radical (unpaired) electrons. The zero-order valence-corrected chi connectivity index (χ0v) is 13.5. The molecular weight excluding hydrogens is 274 g/mol. The van der Waals surface area contributed by atoms with Crippen molar-refractivity contribution in [1.29, 1.82) is 0 Å². The molecule has 3 heteroatoms. The highest BCUT2D eigenvalue weighted by molar-refractivity contribution is 5.43. The van der Waals surface area contributed by atoms with Crippen LogP contribution in [0.5, 0.6) is 0 Å². The van der Waals surface area contributed by atoms with Crippen LogP contribution in [0.4, 0.5) is 0 Å². The monoisotopic (exact) mass is 301 g/mol. The fourth-order valence-corrected chi connectivity index (χ4v) is 5.84. The van der Waals surface area contributed by atoms with E-state index in [1.165, 1.54) is 5.57 Å². The Kier molecular flexibility index (Phi) is 2.96. The number of fused-ring (bicyclic) bond motifs is 5. The van der Waals surface area contributed by atoms with Crippen molar-refractivity contribution in [1.82, 2.24) is 0 Å². The van der Waals surface area contributed by atoms with Crippen molar-refractivity contribution in [3.8, 4) is 0 Å². The molecule has 0 amide bonds. The summed E-state index contributed by atoms with van der Waals surface area (Å²) >= 11 is 0.